The molecule has 0 bridgehead atoms. The number of rotatable bonds is 4. The normalized spacial score (nSPS) is 10.1. The fraction of sp³-hybridized carbons (Fsp3) is 0.231. The molecule has 1 aromatic heterocycles. The maximum absolute atomic E-state index is 11.8. The lowest BCUT2D eigenvalue weighted by molar-refractivity contribution is -0.113. The number of aryl methyl sites for hydroxylation is 1. The lowest BCUT2D eigenvalue weighted by atomic mass is 10.2. The minimum atomic E-state index is -0.125. The second-order valence-electron chi connectivity index (χ2n) is 4.11. The summed E-state index contributed by atoms with van der Waals surface area (Å²) in [6.07, 6.45) is 0. The average molecular weight is 287 g/mol. The van der Waals surface area contributed by atoms with E-state index in [0.717, 1.165) is 5.82 Å². The van der Waals surface area contributed by atoms with Crippen LogP contribution in [0.25, 0.3) is 0 Å². The van der Waals surface area contributed by atoms with E-state index in [9.17, 15) is 4.79 Å². The summed E-state index contributed by atoms with van der Waals surface area (Å²) in [5, 5.41) is 20.1. The first kappa shape index (κ1) is 14.1. The number of anilines is 1. The minimum Gasteiger partial charge on any atom is -0.325 e. The highest BCUT2D eigenvalue weighted by molar-refractivity contribution is 7.99. The Balaban J connectivity index is 1.89. The van der Waals surface area contributed by atoms with Gasteiger partial charge < -0.3 is 9.88 Å². The van der Waals surface area contributed by atoms with Gasteiger partial charge in [-0.25, -0.2) is 0 Å². The lowest BCUT2D eigenvalue weighted by Gasteiger charge is -2.05. The number of benzene rings is 1. The number of hydrogen-bond acceptors (Lipinski definition) is 5. The first-order chi connectivity index (χ1) is 9.60. The van der Waals surface area contributed by atoms with Crippen LogP contribution in [-0.2, 0) is 11.8 Å². The quantitative estimate of drug-likeness (QED) is 0.866. The molecule has 1 N–H and O–H groups in total. The van der Waals surface area contributed by atoms with E-state index in [4.69, 9.17) is 5.26 Å². The van der Waals surface area contributed by atoms with Gasteiger partial charge in [-0.2, -0.15) is 5.26 Å². The molecule has 0 aliphatic rings. The average Bonchev–Trinajstić information content (AvgIpc) is 2.77. The van der Waals surface area contributed by atoms with Crippen LogP contribution in [0.3, 0.4) is 0 Å². The maximum Gasteiger partial charge on any atom is 0.234 e. The van der Waals surface area contributed by atoms with Crippen LogP contribution in [0.1, 0.15) is 11.4 Å². The second kappa shape index (κ2) is 6.21. The van der Waals surface area contributed by atoms with Gasteiger partial charge in [-0.3, -0.25) is 4.79 Å². The summed E-state index contributed by atoms with van der Waals surface area (Å²) in [7, 11) is 1.86. The van der Waals surface area contributed by atoms with E-state index < -0.39 is 0 Å². The Bertz CT molecular complexity index is 656. The molecule has 1 aromatic carbocycles. The van der Waals surface area contributed by atoms with Gasteiger partial charge in [0.1, 0.15) is 5.82 Å². The van der Waals surface area contributed by atoms with Crippen molar-refractivity contribution in [2.75, 3.05) is 11.1 Å². The molecule has 1 heterocycles. The molecule has 0 aliphatic heterocycles. The molecule has 0 saturated heterocycles. The molecule has 0 radical (unpaired) electrons. The number of nitrogens with one attached hydrogen (secondary N) is 1. The minimum absolute atomic E-state index is 0.125. The highest BCUT2D eigenvalue weighted by Crippen LogP contribution is 2.16. The van der Waals surface area contributed by atoms with Gasteiger partial charge in [0.2, 0.25) is 5.91 Å². The summed E-state index contributed by atoms with van der Waals surface area (Å²) < 4.78 is 1.83. The van der Waals surface area contributed by atoms with Crippen molar-refractivity contribution >= 4 is 23.4 Å². The summed E-state index contributed by atoms with van der Waals surface area (Å²) >= 11 is 1.33. The van der Waals surface area contributed by atoms with Crippen LogP contribution >= 0.6 is 11.8 Å². The van der Waals surface area contributed by atoms with Crippen LogP contribution in [0.2, 0.25) is 0 Å². The van der Waals surface area contributed by atoms with Crippen molar-refractivity contribution in [3.8, 4) is 6.07 Å². The van der Waals surface area contributed by atoms with Gasteiger partial charge in [0.15, 0.2) is 5.16 Å². The smallest absolute Gasteiger partial charge is 0.234 e. The lowest BCUT2D eigenvalue weighted by Crippen LogP contribution is -2.14. The molecular formula is C13H13N5OS. The predicted molar refractivity (Wildman–Crippen MR) is 76.3 cm³/mol. The number of aromatic nitrogens is 3. The molecule has 0 aliphatic carbocycles. The molecule has 2 rings (SSSR count). The first-order valence-electron chi connectivity index (χ1n) is 5.89. The van der Waals surface area contributed by atoms with Gasteiger partial charge in [0.05, 0.1) is 17.4 Å². The number of nitrogens with zero attached hydrogens (tertiary/aromatic N) is 4. The number of carbonyl (C=O) groups excluding carboxylic acids is 1. The van der Waals surface area contributed by atoms with Crippen LogP contribution in [0.5, 0.6) is 0 Å². The number of hydrogen-bond donors (Lipinski definition) is 1. The highest BCUT2D eigenvalue weighted by atomic mass is 32.2. The molecule has 102 valence electrons. The number of thioether (sulfide) groups is 1. The van der Waals surface area contributed by atoms with Crippen LogP contribution in [-0.4, -0.2) is 26.4 Å². The molecule has 0 saturated carbocycles. The number of amides is 1. The summed E-state index contributed by atoms with van der Waals surface area (Å²) in [6, 6.07) is 8.75. The Labute approximate surface area is 120 Å². The van der Waals surface area contributed by atoms with Crippen LogP contribution < -0.4 is 5.32 Å². The molecular weight excluding hydrogens is 274 g/mol. The zero-order chi connectivity index (χ0) is 14.5. The predicted octanol–water partition coefficient (Wildman–Crippen LogP) is 1.73. The van der Waals surface area contributed by atoms with Crippen molar-refractivity contribution in [1.29, 1.82) is 5.26 Å². The van der Waals surface area contributed by atoms with Crippen molar-refractivity contribution < 1.29 is 4.79 Å². The standard InChI is InChI=1S/C13H13N5OS/c1-9-16-17-13(18(9)2)20-8-12(19)15-11-5-3-10(7-14)4-6-11/h3-6H,8H2,1-2H3,(H,15,19). The third-order valence-corrected chi connectivity index (χ3v) is 3.70. The van der Waals surface area contributed by atoms with E-state index in [-0.39, 0.29) is 11.7 Å². The molecule has 7 heteroatoms. The van der Waals surface area contributed by atoms with Gasteiger partial charge in [-0.05, 0) is 31.2 Å². The Morgan fingerprint density at radius 1 is 1.40 bits per heavy atom. The molecule has 2 aromatic rings. The fourth-order valence-corrected chi connectivity index (χ4v) is 2.23. The molecule has 6 nitrogen and oxygen atoms in total. The summed E-state index contributed by atoms with van der Waals surface area (Å²) in [6.45, 7) is 1.86. The largest absolute Gasteiger partial charge is 0.325 e. The summed E-state index contributed by atoms with van der Waals surface area (Å²) in [5.41, 5.74) is 1.23. The van der Waals surface area contributed by atoms with E-state index in [0.29, 0.717) is 16.4 Å². The maximum atomic E-state index is 11.8. The van der Waals surface area contributed by atoms with Crippen molar-refractivity contribution in [3.05, 3.63) is 35.7 Å². The highest BCUT2D eigenvalue weighted by Gasteiger charge is 2.09. The summed E-state index contributed by atoms with van der Waals surface area (Å²) in [4.78, 5) is 11.8. The van der Waals surface area contributed by atoms with Gasteiger partial charge in [-0.1, -0.05) is 11.8 Å². The fourth-order valence-electron chi connectivity index (χ4n) is 1.47. The number of carbonyl (C=O) groups is 1. The van der Waals surface area contributed by atoms with Gasteiger partial charge in [0, 0.05) is 12.7 Å². The third kappa shape index (κ3) is 3.36. The molecule has 0 unspecified atom stereocenters. The van der Waals surface area contributed by atoms with Crippen molar-refractivity contribution in [3.63, 3.8) is 0 Å². The van der Waals surface area contributed by atoms with E-state index >= 15 is 0 Å². The van der Waals surface area contributed by atoms with E-state index in [1.807, 2.05) is 24.6 Å². The van der Waals surface area contributed by atoms with Crippen molar-refractivity contribution in [2.45, 2.75) is 12.1 Å². The van der Waals surface area contributed by atoms with Crippen molar-refractivity contribution in [2.24, 2.45) is 7.05 Å². The van der Waals surface area contributed by atoms with E-state index in [1.54, 1.807) is 24.3 Å². The Morgan fingerprint density at radius 3 is 2.65 bits per heavy atom. The van der Waals surface area contributed by atoms with E-state index in [2.05, 4.69) is 15.5 Å². The topological polar surface area (TPSA) is 83.6 Å². The van der Waals surface area contributed by atoms with Gasteiger partial charge >= 0.3 is 0 Å². The SMILES string of the molecule is Cc1nnc(SCC(=O)Nc2ccc(C#N)cc2)n1C. The molecule has 0 atom stereocenters. The Morgan fingerprint density at radius 2 is 2.10 bits per heavy atom. The summed E-state index contributed by atoms with van der Waals surface area (Å²) in [5.74, 6) is 0.937. The zero-order valence-corrected chi connectivity index (χ0v) is 11.9. The first-order valence-corrected chi connectivity index (χ1v) is 6.87. The second-order valence-corrected chi connectivity index (χ2v) is 5.06. The Hall–Kier alpha value is -2.33. The Kier molecular flexibility index (Phi) is 4.38. The molecule has 0 fully saturated rings. The van der Waals surface area contributed by atoms with Crippen LogP contribution in [0.4, 0.5) is 5.69 Å². The van der Waals surface area contributed by atoms with E-state index in [1.165, 1.54) is 11.8 Å². The van der Waals surface area contributed by atoms with Crippen molar-refractivity contribution in [1.82, 2.24) is 14.8 Å². The van der Waals surface area contributed by atoms with Gasteiger partial charge in [0.25, 0.3) is 0 Å². The van der Waals surface area contributed by atoms with Crippen LogP contribution in [0, 0.1) is 18.3 Å². The zero-order valence-electron chi connectivity index (χ0n) is 11.1. The monoisotopic (exact) mass is 287 g/mol. The molecule has 1 amide bonds. The molecule has 20 heavy (non-hydrogen) atoms. The van der Waals surface area contributed by atoms with Gasteiger partial charge in [-0.15, -0.1) is 10.2 Å². The molecule has 0 spiro atoms. The number of nitriles is 1. The van der Waals surface area contributed by atoms with Crippen LogP contribution in [0.15, 0.2) is 29.4 Å². The third-order valence-electron chi connectivity index (χ3n) is 2.68.